The predicted molar refractivity (Wildman–Crippen MR) is 125 cm³/mol. The third kappa shape index (κ3) is 7.86. The Hall–Kier alpha value is -1.79. The van der Waals surface area contributed by atoms with Gasteiger partial charge in [-0.15, -0.1) is 11.8 Å². The molecule has 0 saturated carbocycles. The lowest BCUT2D eigenvalue weighted by Gasteiger charge is -2.29. The van der Waals surface area contributed by atoms with Crippen molar-refractivity contribution in [2.45, 2.75) is 51.6 Å². The zero-order valence-electron chi connectivity index (χ0n) is 17.2. The lowest BCUT2D eigenvalue weighted by Crippen LogP contribution is -2.50. The topological polar surface area (TPSA) is 49.4 Å². The van der Waals surface area contributed by atoms with Gasteiger partial charge in [-0.25, -0.2) is 0 Å². The second-order valence-electron chi connectivity index (χ2n) is 7.12. The van der Waals surface area contributed by atoms with Gasteiger partial charge in [-0.3, -0.25) is 9.59 Å². The van der Waals surface area contributed by atoms with Gasteiger partial charge in [-0.1, -0.05) is 65.3 Å². The van der Waals surface area contributed by atoms with Crippen LogP contribution in [-0.4, -0.2) is 34.6 Å². The van der Waals surface area contributed by atoms with Crippen LogP contribution in [0.15, 0.2) is 59.1 Å². The van der Waals surface area contributed by atoms with E-state index in [1.807, 2.05) is 68.4 Å². The number of nitrogens with zero attached hydrogens (tertiary/aromatic N) is 1. The van der Waals surface area contributed by atoms with E-state index < -0.39 is 6.04 Å². The highest BCUT2D eigenvalue weighted by molar-refractivity contribution is 9.10. The van der Waals surface area contributed by atoms with Crippen molar-refractivity contribution < 1.29 is 9.59 Å². The molecule has 0 unspecified atom stereocenters. The Labute approximate surface area is 186 Å². The van der Waals surface area contributed by atoms with Crippen LogP contribution in [0.4, 0.5) is 0 Å². The van der Waals surface area contributed by atoms with Crippen LogP contribution in [0.1, 0.15) is 38.3 Å². The number of amides is 2. The summed E-state index contributed by atoms with van der Waals surface area (Å²) in [5, 5.41) is 2.99. The first kappa shape index (κ1) is 23.5. The summed E-state index contributed by atoms with van der Waals surface area (Å²) in [5.74, 6) is 0.958. The lowest BCUT2D eigenvalue weighted by molar-refractivity contribution is -0.138. The number of hydrogen-bond acceptors (Lipinski definition) is 3. The molecule has 4 nitrogen and oxygen atoms in total. The van der Waals surface area contributed by atoms with Gasteiger partial charge in [0.15, 0.2) is 0 Å². The molecule has 156 valence electrons. The number of nitrogens with one attached hydrogen (secondary N) is 1. The van der Waals surface area contributed by atoms with E-state index in [2.05, 4.69) is 21.2 Å². The van der Waals surface area contributed by atoms with Crippen LogP contribution in [0, 0.1) is 0 Å². The smallest absolute Gasteiger partial charge is 0.242 e. The largest absolute Gasteiger partial charge is 0.352 e. The van der Waals surface area contributed by atoms with Gasteiger partial charge in [-0.2, -0.15) is 0 Å². The van der Waals surface area contributed by atoms with Gasteiger partial charge in [0.25, 0.3) is 0 Å². The molecule has 0 heterocycles. The Balaban J connectivity index is 2.03. The number of rotatable bonds is 10. The fraction of sp³-hybridized carbons (Fsp3) is 0.391. The summed E-state index contributed by atoms with van der Waals surface area (Å²) in [6.07, 6.45) is 0.855. The molecule has 0 aromatic heterocycles. The van der Waals surface area contributed by atoms with E-state index >= 15 is 0 Å². The van der Waals surface area contributed by atoms with Crippen molar-refractivity contribution in [3.05, 3.63) is 70.2 Å². The summed E-state index contributed by atoms with van der Waals surface area (Å²) in [6, 6.07) is 17.5. The van der Waals surface area contributed by atoms with E-state index in [1.54, 1.807) is 23.6 Å². The standard InChI is InChI=1S/C23H29BrN2O2S/c1-4-17(2)25-23(28)18(3)26(14-19-8-6-5-7-9-19)22(27)16-29-15-20-10-12-21(24)13-11-20/h5-13,17-18H,4,14-16H2,1-3H3,(H,25,28)/t17-,18+/m0/s1. The monoisotopic (exact) mass is 476 g/mol. The van der Waals surface area contributed by atoms with E-state index in [-0.39, 0.29) is 17.9 Å². The first-order valence-electron chi connectivity index (χ1n) is 9.86. The highest BCUT2D eigenvalue weighted by Crippen LogP contribution is 2.18. The number of halogens is 1. The zero-order valence-corrected chi connectivity index (χ0v) is 19.6. The highest BCUT2D eigenvalue weighted by Gasteiger charge is 2.26. The highest BCUT2D eigenvalue weighted by atomic mass is 79.9. The molecule has 29 heavy (non-hydrogen) atoms. The minimum atomic E-state index is -0.523. The number of hydrogen-bond donors (Lipinski definition) is 1. The van der Waals surface area contributed by atoms with Crippen LogP contribution in [0.3, 0.4) is 0 Å². The third-order valence-electron chi connectivity index (χ3n) is 4.77. The van der Waals surface area contributed by atoms with E-state index in [0.29, 0.717) is 12.3 Å². The number of carbonyl (C=O) groups excluding carboxylic acids is 2. The predicted octanol–water partition coefficient (Wildman–Crippen LogP) is 5.01. The van der Waals surface area contributed by atoms with E-state index in [1.165, 1.54) is 5.56 Å². The van der Waals surface area contributed by atoms with Crippen LogP contribution in [0.5, 0.6) is 0 Å². The number of thioether (sulfide) groups is 1. The van der Waals surface area contributed by atoms with Crippen LogP contribution in [-0.2, 0) is 21.9 Å². The molecule has 2 aromatic carbocycles. The molecule has 0 spiro atoms. The van der Waals surface area contributed by atoms with Crippen molar-refractivity contribution in [2.24, 2.45) is 0 Å². The molecule has 0 aliphatic carbocycles. The SMILES string of the molecule is CC[C@H](C)NC(=O)[C@@H](C)N(Cc1ccccc1)C(=O)CSCc1ccc(Br)cc1. The Morgan fingerprint density at radius 3 is 2.31 bits per heavy atom. The van der Waals surface area contributed by atoms with Crippen LogP contribution in [0.2, 0.25) is 0 Å². The normalized spacial score (nSPS) is 12.8. The van der Waals surface area contributed by atoms with Gasteiger partial charge in [-0.05, 0) is 43.5 Å². The van der Waals surface area contributed by atoms with Crippen molar-refractivity contribution in [1.82, 2.24) is 10.2 Å². The van der Waals surface area contributed by atoms with Crippen LogP contribution < -0.4 is 5.32 Å². The van der Waals surface area contributed by atoms with Crippen molar-refractivity contribution in [2.75, 3.05) is 5.75 Å². The first-order valence-corrected chi connectivity index (χ1v) is 11.8. The fourth-order valence-electron chi connectivity index (χ4n) is 2.75. The molecule has 0 aliphatic rings. The lowest BCUT2D eigenvalue weighted by atomic mass is 10.1. The van der Waals surface area contributed by atoms with Crippen molar-refractivity contribution >= 4 is 39.5 Å². The molecule has 0 radical (unpaired) electrons. The summed E-state index contributed by atoms with van der Waals surface area (Å²) in [4.78, 5) is 27.4. The average Bonchev–Trinajstić information content (AvgIpc) is 2.73. The molecule has 1 N–H and O–H groups in total. The zero-order chi connectivity index (χ0) is 21.2. The number of benzene rings is 2. The summed E-state index contributed by atoms with van der Waals surface area (Å²) >= 11 is 5.00. The summed E-state index contributed by atoms with van der Waals surface area (Å²) in [6.45, 7) is 6.23. The maximum absolute atomic E-state index is 13.0. The Bertz CT molecular complexity index is 783. The third-order valence-corrected chi connectivity index (χ3v) is 6.29. The molecule has 0 fully saturated rings. The van der Waals surface area contributed by atoms with Crippen LogP contribution in [0.25, 0.3) is 0 Å². The molecule has 2 rings (SSSR count). The molecule has 0 saturated heterocycles. The van der Waals surface area contributed by atoms with Gasteiger partial charge >= 0.3 is 0 Å². The van der Waals surface area contributed by atoms with Gasteiger partial charge in [0, 0.05) is 22.8 Å². The van der Waals surface area contributed by atoms with Crippen molar-refractivity contribution in [3.63, 3.8) is 0 Å². The average molecular weight is 477 g/mol. The van der Waals surface area contributed by atoms with Crippen molar-refractivity contribution in [3.8, 4) is 0 Å². The van der Waals surface area contributed by atoms with Gasteiger partial charge in [0.05, 0.1) is 5.75 Å². The minimum Gasteiger partial charge on any atom is -0.352 e. The molecule has 2 aromatic rings. The molecule has 2 amide bonds. The van der Waals surface area contributed by atoms with Gasteiger partial charge in [0.1, 0.15) is 6.04 Å². The second-order valence-corrected chi connectivity index (χ2v) is 9.02. The second kappa shape index (κ2) is 12.0. The Morgan fingerprint density at radius 2 is 1.69 bits per heavy atom. The molecule has 0 aliphatic heterocycles. The molecule has 6 heteroatoms. The van der Waals surface area contributed by atoms with E-state index in [4.69, 9.17) is 0 Å². The first-order chi connectivity index (χ1) is 13.9. The van der Waals surface area contributed by atoms with Gasteiger partial charge in [0.2, 0.25) is 11.8 Å². The summed E-state index contributed by atoms with van der Waals surface area (Å²) < 4.78 is 1.04. The minimum absolute atomic E-state index is 0.0252. The quantitative estimate of drug-likeness (QED) is 0.523. The van der Waals surface area contributed by atoms with E-state index in [9.17, 15) is 9.59 Å². The van der Waals surface area contributed by atoms with Gasteiger partial charge < -0.3 is 10.2 Å². The Morgan fingerprint density at radius 1 is 1.03 bits per heavy atom. The van der Waals surface area contributed by atoms with E-state index in [0.717, 1.165) is 22.2 Å². The maximum atomic E-state index is 13.0. The molecule has 0 bridgehead atoms. The molecule has 2 atom stereocenters. The summed E-state index contributed by atoms with van der Waals surface area (Å²) in [5.41, 5.74) is 2.19. The maximum Gasteiger partial charge on any atom is 0.242 e. The summed E-state index contributed by atoms with van der Waals surface area (Å²) in [7, 11) is 0. The van der Waals surface area contributed by atoms with Crippen molar-refractivity contribution in [1.29, 1.82) is 0 Å². The Kier molecular flexibility index (Phi) is 9.74. The number of carbonyl (C=O) groups is 2. The molecular formula is C23H29BrN2O2S. The fourth-order valence-corrected chi connectivity index (χ4v) is 3.88. The van der Waals surface area contributed by atoms with Crippen LogP contribution >= 0.6 is 27.7 Å². The molecular weight excluding hydrogens is 448 g/mol.